The van der Waals surface area contributed by atoms with Crippen LogP contribution in [0.15, 0.2) is 42.5 Å². The molecule has 6 nitrogen and oxygen atoms in total. The number of hydrogen-bond acceptors (Lipinski definition) is 5. The van der Waals surface area contributed by atoms with Crippen molar-refractivity contribution in [1.82, 2.24) is 19.2 Å². The van der Waals surface area contributed by atoms with Crippen LogP contribution >= 0.6 is 12.2 Å². The SMILES string of the molecule is COc1ccc(-c2nn(CN3CCN(c4cccc(C)c4C)CC3)c(=S)n2C(C)C)cc1. The Morgan fingerprint density at radius 3 is 2.31 bits per heavy atom. The number of ether oxygens (including phenoxy) is 1. The smallest absolute Gasteiger partial charge is 0.199 e. The average Bonchev–Trinajstić information content (AvgIpc) is 3.12. The van der Waals surface area contributed by atoms with E-state index in [0.29, 0.717) is 6.67 Å². The summed E-state index contributed by atoms with van der Waals surface area (Å²) >= 11 is 5.84. The standard InChI is InChI=1S/C25H33N5OS/c1-18(2)30-24(21-9-11-22(31-5)12-10-21)26-29(25(30)32)17-27-13-15-28(16-14-27)23-8-6-7-19(3)20(23)4/h6-12,18H,13-17H2,1-5H3. The average molecular weight is 452 g/mol. The molecule has 1 aromatic heterocycles. The highest BCUT2D eigenvalue weighted by molar-refractivity contribution is 7.71. The number of benzene rings is 2. The lowest BCUT2D eigenvalue weighted by Gasteiger charge is -2.36. The molecule has 1 aliphatic heterocycles. The lowest BCUT2D eigenvalue weighted by atomic mass is 10.1. The van der Waals surface area contributed by atoms with Crippen LogP contribution in [-0.4, -0.2) is 52.5 Å². The monoisotopic (exact) mass is 451 g/mol. The van der Waals surface area contributed by atoms with Gasteiger partial charge in [-0.25, -0.2) is 4.68 Å². The molecule has 2 aromatic carbocycles. The summed E-state index contributed by atoms with van der Waals surface area (Å²) < 4.78 is 10.2. The van der Waals surface area contributed by atoms with Gasteiger partial charge in [-0.3, -0.25) is 9.47 Å². The van der Waals surface area contributed by atoms with E-state index < -0.39 is 0 Å². The molecular formula is C25H33N5OS. The van der Waals surface area contributed by atoms with Gasteiger partial charge in [-0.05, 0) is 81.4 Å². The maximum atomic E-state index is 5.84. The minimum absolute atomic E-state index is 0.231. The molecule has 4 rings (SSSR count). The predicted octanol–water partition coefficient (Wildman–Crippen LogP) is 5.07. The van der Waals surface area contributed by atoms with Gasteiger partial charge in [-0.1, -0.05) is 12.1 Å². The van der Waals surface area contributed by atoms with E-state index in [-0.39, 0.29) is 6.04 Å². The highest BCUT2D eigenvalue weighted by Gasteiger charge is 2.21. The van der Waals surface area contributed by atoms with Gasteiger partial charge in [0, 0.05) is 43.5 Å². The van der Waals surface area contributed by atoms with Gasteiger partial charge in [-0.2, -0.15) is 5.10 Å². The first-order valence-corrected chi connectivity index (χ1v) is 11.7. The van der Waals surface area contributed by atoms with Crippen LogP contribution in [0, 0.1) is 18.6 Å². The summed E-state index contributed by atoms with van der Waals surface area (Å²) in [5.41, 5.74) is 5.13. The molecule has 0 atom stereocenters. The van der Waals surface area contributed by atoms with Crippen molar-refractivity contribution in [1.29, 1.82) is 0 Å². The van der Waals surface area contributed by atoms with Gasteiger partial charge in [0.15, 0.2) is 10.6 Å². The maximum absolute atomic E-state index is 5.84. The molecule has 1 fully saturated rings. The van der Waals surface area contributed by atoms with E-state index >= 15 is 0 Å². The van der Waals surface area contributed by atoms with Crippen LogP contribution in [0.3, 0.4) is 0 Å². The van der Waals surface area contributed by atoms with Crippen LogP contribution in [0.1, 0.15) is 31.0 Å². The third-order valence-electron chi connectivity index (χ3n) is 6.36. The van der Waals surface area contributed by atoms with E-state index in [1.807, 2.05) is 28.9 Å². The summed E-state index contributed by atoms with van der Waals surface area (Å²) in [7, 11) is 1.68. The molecule has 0 radical (unpaired) electrons. The van der Waals surface area contributed by atoms with Crippen LogP contribution in [-0.2, 0) is 6.67 Å². The van der Waals surface area contributed by atoms with E-state index in [0.717, 1.165) is 48.1 Å². The fourth-order valence-corrected chi connectivity index (χ4v) is 4.71. The summed E-state index contributed by atoms with van der Waals surface area (Å²) in [5, 5.41) is 4.93. The van der Waals surface area contributed by atoms with Crippen molar-refractivity contribution in [2.75, 3.05) is 38.2 Å². The summed E-state index contributed by atoms with van der Waals surface area (Å²) in [5.74, 6) is 1.74. The van der Waals surface area contributed by atoms with Gasteiger partial charge in [0.1, 0.15) is 5.75 Å². The van der Waals surface area contributed by atoms with Crippen molar-refractivity contribution < 1.29 is 4.74 Å². The Bertz CT molecular complexity index is 1120. The zero-order chi connectivity index (χ0) is 22.8. The topological polar surface area (TPSA) is 38.5 Å². The second-order valence-corrected chi connectivity index (χ2v) is 9.13. The van der Waals surface area contributed by atoms with Crippen molar-refractivity contribution in [2.45, 2.75) is 40.4 Å². The lowest BCUT2D eigenvalue weighted by Crippen LogP contribution is -2.47. The highest BCUT2D eigenvalue weighted by atomic mass is 32.1. The van der Waals surface area contributed by atoms with Gasteiger partial charge in [0.05, 0.1) is 13.8 Å². The molecular weight excluding hydrogens is 418 g/mol. The van der Waals surface area contributed by atoms with Crippen LogP contribution < -0.4 is 9.64 Å². The number of piperazine rings is 1. The fraction of sp³-hybridized carbons (Fsp3) is 0.440. The van der Waals surface area contributed by atoms with Gasteiger partial charge in [-0.15, -0.1) is 0 Å². The van der Waals surface area contributed by atoms with E-state index in [1.165, 1.54) is 16.8 Å². The largest absolute Gasteiger partial charge is 0.497 e. The van der Waals surface area contributed by atoms with Crippen molar-refractivity contribution >= 4 is 17.9 Å². The Hall–Kier alpha value is -2.64. The van der Waals surface area contributed by atoms with Crippen LogP contribution in [0.25, 0.3) is 11.4 Å². The summed E-state index contributed by atoms with van der Waals surface area (Å²) in [6, 6.07) is 14.8. The molecule has 32 heavy (non-hydrogen) atoms. The first kappa shape index (κ1) is 22.6. The minimum Gasteiger partial charge on any atom is -0.497 e. The second kappa shape index (κ2) is 9.46. The van der Waals surface area contributed by atoms with Gasteiger partial charge < -0.3 is 9.64 Å². The zero-order valence-electron chi connectivity index (χ0n) is 19.7. The summed E-state index contributed by atoms with van der Waals surface area (Å²) in [4.78, 5) is 4.93. The number of rotatable bonds is 6. The van der Waals surface area contributed by atoms with Crippen LogP contribution in [0.5, 0.6) is 5.75 Å². The molecule has 2 heterocycles. The van der Waals surface area contributed by atoms with Crippen molar-refractivity contribution in [3.8, 4) is 17.1 Å². The number of methoxy groups -OCH3 is 1. The minimum atomic E-state index is 0.231. The number of hydrogen-bond donors (Lipinski definition) is 0. The van der Waals surface area contributed by atoms with E-state index in [2.05, 4.69) is 60.3 Å². The molecule has 0 saturated carbocycles. The van der Waals surface area contributed by atoms with Crippen LogP contribution in [0.2, 0.25) is 0 Å². The van der Waals surface area contributed by atoms with Crippen molar-refractivity contribution in [2.24, 2.45) is 0 Å². The third-order valence-corrected chi connectivity index (χ3v) is 6.77. The van der Waals surface area contributed by atoms with Gasteiger partial charge in [0.2, 0.25) is 0 Å². The Morgan fingerprint density at radius 1 is 1.00 bits per heavy atom. The molecule has 7 heteroatoms. The molecule has 0 unspecified atom stereocenters. The normalized spacial score (nSPS) is 14.9. The number of aryl methyl sites for hydroxylation is 1. The Kier molecular flexibility index (Phi) is 6.67. The van der Waals surface area contributed by atoms with E-state index in [9.17, 15) is 0 Å². The first-order valence-electron chi connectivity index (χ1n) is 11.3. The van der Waals surface area contributed by atoms with E-state index in [1.54, 1.807) is 7.11 Å². The maximum Gasteiger partial charge on any atom is 0.199 e. The molecule has 0 spiro atoms. The first-order chi connectivity index (χ1) is 15.4. The molecule has 0 N–H and O–H groups in total. The molecule has 1 saturated heterocycles. The third kappa shape index (κ3) is 4.45. The Morgan fingerprint density at radius 2 is 1.69 bits per heavy atom. The molecule has 0 aliphatic carbocycles. The summed E-state index contributed by atoms with van der Waals surface area (Å²) in [6.07, 6.45) is 0. The highest BCUT2D eigenvalue weighted by Crippen LogP contribution is 2.26. The number of anilines is 1. The molecule has 0 amide bonds. The summed E-state index contributed by atoms with van der Waals surface area (Å²) in [6.45, 7) is 13.4. The number of nitrogens with zero attached hydrogens (tertiary/aromatic N) is 5. The Labute approximate surface area is 196 Å². The zero-order valence-corrected chi connectivity index (χ0v) is 20.5. The van der Waals surface area contributed by atoms with Crippen LogP contribution in [0.4, 0.5) is 5.69 Å². The fourth-order valence-electron chi connectivity index (χ4n) is 4.31. The van der Waals surface area contributed by atoms with Gasteiger partial charge in [0.25, 0.3) is 0 Å². The lowest BCUT2D eigenvalue weighted by molar-refractivity contribution is 0.194. The second-order valence-electron chi connectivity index (χ2n) is 8.76. The molecule has 1 aliphatic rings. The predicted molar refractivity (Wildman–Crippen MR) is 133 cm³/mol. The Balaban J connectivity index is 1.51. The van der Waals surface area contributed by atoms with Crippen molar-refractivity contribution in [3.05, 3.63) is 58.4 Å². The van der Waals surface area contributed by atoms with E-state index in [4.69, 9.17) is 22.1 Å². The molecule has 3 aromatic rings. The quantitative estimate of drug-likeness (QED) is 0.490. The van der Waals surface area contributed by atoms with Crippen molar-refractivity contribution in [3.63, 3.8) is 0 Å². The molecule has 170 valence electrons. The number of aromatic nitrogens is 3. The molecule has 0 bridgehead atoms. The van der Waals surface area contributed by atoms with Gasteiger partial charge >= 0.3 is 0 Å².